The van der Waals surface area contributed by atoms with E-state index >= 15 is 0 Å². The summed E-state index contributed by atoms with van der Waals surface area (Å²) in [5.74, 6) is 2.20. The number of hydrogen-bond donors (Lipinski definition) is 1. The molecule has 0 aliphatic heterocycles. The smallest absolute Gasteiger partial charge is 0.248 e. The molecule has 0 amide bonds. The van der Waals surface area contributed by atoms with Crippen molar-refractivity contribution in [2.24, 2.45) is 0 Å². The Bertz CT molecular complexity index is 600. The molecule has 0 aliphatic carbocycles. The average Bonchev–Trinajstić information content (AvgIpc) is 2.52. The molecule has 112 valence electrons. The van der Waals surface area contributed by atoms with Crippen LogP contribution in [0.25, 0.3) is 0 Å². The van der Waals surface area contributed by atoms with Crippen molar-refractivity contribution in [1.82, 2.24) is 9.97 Å². The number of nitrogen functional groups attached to an aromatic ring is 1. The number of rotatable bonds is 6. The lowest BCUT2D eigenvalue weighted by Crippen LogP contribution is -2.24. The van der Waals surface area contributed by atoms with Gasteiger partial charge in [-0.3, -0.25) is 0 Å². The summed E-state index contributed by atoms with van der Waals surface area (Å²) in [5, 5.41) is 0. The number of nitrogens with zero attached hydrogens (tertiary/aromatic N) is 3. The number of methoxy groups -OCH3 is 1. The third-order valence-corrected chi connectivity index (χ3v) is 3.17. The third-order valence-electron chi connectivity index (χ3n) is 3.17. The maximum atomic E-state index is 6.14. The van der Waals surface area contributed by atoms with E-state index in [1.807, 2.05) is 36.9 Å². The van der Waals surface area contributed by atoms with Gasteiger partial charge in [0.2, 0.25) is 5.88 Å². The number of aromatic nitrogens is 2. The van der Waals surface area contributed by atoms with Gasteiger partial charge in [-0.25, -0.2) is 4.98 Å². The molecule has 0 aliphatic rings. The zero-order valence-electron chi connectivity index (χ0n) is 12.5. The molecule has 0 radical (unpaired) electrons. The molecule has 0 saturated heterocycles. The number of ether oxygens (including phenoxy) is 2. The van der Waals surface area contributed by atoms with Gasteiger partial charge in [0.15, 0.2) is 17.3 Å². The van der Waals surface area contributed by atoms with Crippen LogP contribution in [0.5, 0.6) is 17.4 Å². The third kappa shape index (κ3) is 3.16. The van der Waals surface area contributed by atoms with Crippen molar-refractivity contribution in [2.75, 3.05) is 30.8 Å². The monoisotopic (exact) mass is 288 g/mol. The predicted octanol–water partition coefficient (Wildman–Crippen LogP) is 2.71. The molecule has 0 bridgehead atoms. The van der Waals surface area contributed by atoms with Crippen LogP contribution in [0.3, 0.4) is 0 Å². The second-order valence-electron chi connectivity index (χ2n) is 4.34. The van der Waals surface area contributed by atoms with Crippen LogP contribution in [0.15, 0.2) is 30.6 Å². The number of anilines is 2. The fourth-order valence-corrected chi connectivity index (χ4v) is 2.03. The highest BCUT2D eigenvalue weighted by Crippen LogP contribution is 2.35. The minimum atomic E-state index is 0.330. The first-order valence-electron chi connectivity index (χ1n) is 6.87. The summed E-state index contributed by atoms with van der Waals surface area (Å²) >= 11 is 0. The summed E-state index contributed by atoms with van der Waals surface area (Å²) in [6.07, 6.45) is 1.45. The number of nitrogens with two attached hydrogens (primary N) is 1. The molecule has 1 aromatic carbocycles. The predicted molar refractivity (Wildman–Crippen MR) is 83.1 cm³/mol. The SMILES string of the molecule is CCN(CC)c1ncnc(Oc2ccccc2OC)c1N. The number of para-hydroxylation sites is 2. The van der Waals surface area contributed by atoms with Gasteiger partial charge in [0.25, 0.3) is 0 Å². The molecule has 0 unspecified atom stereocenters. The Labute approximate surface area is 124 Å². The van der Waals surface area contributed by atoms with Crippen LogP contribution in [0, 0.1) is 0 Å². The molecule has 1 aromatic heterocycles. The Morgan fingerprint density at radius 1 is 1.10 bits per heavy atom. The van der Waals surface area contributed by atoms with Crippen LogP contribution in [-0.2, 0) is 0 Å². The normalized spacial score (nSPS) is 10.2. The van der Waals surface area contributed by atoms with E-state index < -0.39 is 0 Å². The molecule has 2 N–H and O–H groups in total. The first-order valence-corrected chi connectivity index (χ1v) is 6.87. The van der Waals surface area contributed by atoms with Crippen LogP contribution < -0.4 is 20.1 Å². The largest absolute Gasteiger partial charge is 0.493 e. The first kappa shape index (κ1) is 14.9. The summed E-state index contributed by atoms with van der Waals surface area (Å²) in [7, 11) is 1.59. The lowest BCUT2D eigenvalue weighted by atomic mass is 10.3. The Hall–Kier alpha value is -2.50. The van der Waals surface area contributed by atoms with E-state index in [9.17, 15) is 0 Å². The van der Waals surface area contributed by atoms with Crippen molar-refractivity contribution >= 4 is 11.5 Å². The molecule has 2 aromatic rings. The fraction of sp³-hybridized carbons (Fsp3) is 0.333. The molecule has 0 spiro atoms. The van der Waals surface area contributed by atoms with Crippen molar-refractivity contribution < 1.29 is 9.47 Å². The molecule has 0 atom stereocenters. The summed E-state index contributed by atoms with van der Waals surface area (Å²) in [6, 6.07) is 7.35. The Morgan fingerprint density at radius 3 is 2.38 bits per heavy atom. The molecule has 6 heteroatoms. The van der Waals surface area contributed by atoms with Crippen molar-refractivity contribution in [1.29, 1.82) is 0 Å². The van der Waals surface area contributed by atoms with Gasteiger partial charge in [-0.15, -0.1) is 0 Å². The topological polar surface area (TPSA) is 73.5 Å². The summed E-state index contributed by atoms with van der Waals surface area (Å²) in [5.41, 5.74) is 6.57. The standard InChI is InChI=1S/C15H20N4O2/c1-4-19(5-2)14-13(16)15(18-10-17-14)21-12-9-7-6-8-11(12)20-3/h6-10H,4-5,16H2,1-3H3. The van der Waals surface area contributed by atoms with Crippen molar-refractivity contribution in [2.45, 2.75) is 13.8 Å². The van der Waals surface area contributed by atoms with E-state index in [2.05, 4.69) is 9.97 Å². The number of benzene rings is 1. The lowest BCUT2D eigenvalue weighted by molar-refractivity contribution is 0.374. The van der Waals surface area contributed by atoms with Crippen LogP contribution in [0.1, 0.15) is 13.8 Å². The second kappa shape index (κ2) is 6.78. The minimum Gasteiger partial charge on any atom is -0.493 e. The minimum absolute atomic E-state index is 0.330. The Kier molecular flexibility index (Phi) is 4.81. The van der Waals surface area contributed by atoms with Crippen LogP contribution in [-0.4, -0.2) is 30.2 Å². The quantitative estimate of drug-likeness (QED) is 0.881. The van der Waals surface area contributed by atoms with E-state index in [0.29, 0.717) is 28.9 Å². The molecular weight excluding hydrogens is 268 g/mol. The maximum absolute atomic E-state index is 6.14. The van der Waals surface area contributed by atoms with Crippen LogP contribution >= 0.6 is 0 Å². The van der Waals surface area contributed by atoms with Gasteiger partial charge >= 0.3 is 0 Å². The van der Waals surface area contributed by atoms with E-state index in [4.69, 9.17) is 15.2 Å². The molecule has 21 heavy (non-hydrogen) atoms. The van der Waals surface area contributed by atoms with E-state index in [-0.39, 0.29) is 0 Å². The van der Waals surface area contributed by atoms with Gasteiger partial charge in [-0.2, -0.15) is 4.98 Å². The van der Waals surface area contributed by atoms with Crippen molar-refractivity contribution in [3.05, 3.63) is 30.6 Å². The summed E-state index contributed by atoms with van der Waals surface area (Å²) in [6.45, 7) is 5.72. The zero-order chi connectivity index (χ0) is 15.2. The lowest BCUT2D eigenvalue weighted by Gasteiger charge is -2.22. The van der Waals surface area contributed by atoms with Gasteiger partial charge in [-0.1, -0.05) is 12.1 Å². The average molecular weight is 288 g/mol. The van der Waals surface area contributed by atoms with E-state index in [0.717, 1.165) is 13.1 Å². The molecular formula is C15H20N4O2. The summed E-state index contributed by atoms with van der Waals surface area (Å²) in [4.78, 5) is 10.4. The highest BCUT2D eigenvalue weighted by molar-refractivity contribution is 5.68. The molecule has 6 nitrogen and oxygen atoms in total. The summed E-state index contributed by atoms with van der Waals surface area (Å²) < 4.78 is 11.0. The highest BCUT2D eigenvalue weighted by atomic mass is 16.5. The van der Waals surface area contributed by atoms with E-state index in [1.54, 1.807) is 13.2 Å². The van der Waals surface area contributed by atoms with Crippen LogP contribution in [0.2, 0.25) is 0 Å². The molecule has 0 saturated carbocycles. The van der Waals surface area contributed by atoms with Gasteiger partial charge in [-0.05, 0) is 26.0 Å². The van der Waals surface area contributed by atoms with Crippen molar-refractivity contribution in [3.8, 4) is 17.4 Å². The fourth-order valence-electron chi connectivity index (χ4n) is 2.03. The highest BCUT2D eigenvalue weighted by Gasteiger charge is 2.15. The second-order valence-corrected chi connectivity index (χ2v) is 4.34. The maximum Gasteiger partial charge on any atom is 0.248 e. The van der Waals surface area contributed by atoms with Gasteiger partial charge in [0.05, 0.1) is 7.11 Å². The Morgan fingerprint density at radius 2 is 1.76 bits per heavy atom. The molecule has 1 heterocycles. The van der Waals surface area contributed by atoms with Gasteiger partial charge < -0.3 is 20.1 Å². The van der Waals surface area contributed by atoms with Crippen LogP contribution in [0.4, 0.5) is 11.5 Å². The van der Waals surface area contributed by atoms with E-state index in [1.165, 1.54) is 6.33 Å². The number of hydrogen-bond acceptors (Lipinski definition) is 6. The Balaban J connectivity index is 2.35. The van der Waals surface area contributed by atoms with Crippen molar-refractivity contribution in [3.63, 3.8) is 0 Å². The van der Waals surface area contributed by atoms with Gasteiger partial charge in [0.1, 0.15) is 12.0 Å². The molecule has 2 rings (SSSR count). The molecule has 0 fully saturated rings. The zero-order valence-corrected chi connectivity index (χ0v) is 12.5. The van der Waals surface area contributed by atoms with Gasteiger partial charge in [0, 0.05) is 13.1 Å². The first-order chi connectivity index (χ1) is 10.2.